The van der Waals surface area contributed by atoms with Gasteiger partial charge in [-0.25, -0.2) is 0 Å². The lowest BCUT2D eigenvalue weighted by Gasteiger charge is -2.47. The Morgan fingerprint density at radius 3 is 0.817 bits per heavy atom. The molecule has 618 valence electrons. The van der Waals surface area contributed by atoms with Gasteiger partial charge in [0.25, 0.3) is 6.71 Å². The van der Waals surface area contributed by atoms with Crippen LogP contribution in [0.5, 0.6) is 0 Å². The molecule has 2 aliphatic rings. The molecule has 0 saturated heterocycles. The minimum absolute atomic E-state index is 0.0192. The third-order valence-corrected chi connectivity index (χ3v) is 25.7. The van der Waals surface area contributed by atoms with Crippen molar-refractivity contribution in [3.63, 3.8) is 0 Å². The molecule has 12 aromatic carbocycles. The monoisotopic (exact) mass is 1590 g/mol. The summed E-state index contributed by atoms with van der Waals surface area (Å²) in [7, 11) is 0. The number of para-hydroxylation sites is 2. The van der Waals surface area contributed by atoms with Gasteiger partial charge in [-0.15, -0.1) is 0 Å². The molecule has 3 heterocycles. The number of nitrogens with zero attached hydrogens (tertiary/aromatic N) is 3. The molecule has 0 atom stereocenters. The van der Waals surface area contributed by atoms with Crippen LogP contribution in [0.2, 0.25) is 0 Å². The summed E-state index contributed by atoms with van der Waals surface area (Å²) in [5.74, 6) is 0. The fourth-order valence-corrected chi connectivity index (χ4v) is 17.6. The van der Waals surface area contributed by atoms with E-state index in [0.29, 0.717) is 5.69 Å². The molecule has 0 spiro atoms. The van der Waals surface area contributed by atoms with Gasteiger partial charge in [-0.2, -0.15) is 0 Å². The molecule has 4 heteroatoms. The quantitative estimate of drug-likeness (QED) is 0.141. The molecule has 13 aromatic rings. The highest BCUT2D eigenvalue weighted by molar-refractivity contribution is 7.00. The Bertz CT molecular complexity index is 6540. The minimum atomic E-state index is -0.533. The predicted octanol–water partition coefficient (Wildman–Crippen LogP) is 31.5. The topological polar surface area (TPSA) is 11.4 Å². The van der Waals surface area contributed by atoms with E-state index in [2.05, 4.69) is 408 Å². The number of fused-ring (bicyclic) bond motifs is 7. The van der Waals surface area contributed by atoms with Gasteiger partial charge in [-0.1, -0.05) is 386 Å². The number of benzene rings is 12. The zero-order valence-corrected chi connectivity index (χ0v) is 78.7. The molecular formula is C116H136BN3. The van der Waals surface area contributed by atoms with Crippen LogP contribution in [0.1, 0.15) is 301 Å². The van der Waals surface area contributed by atoms with Crippen LogP contribution in [0.25, 0.3) is 83.1 Å². The highest BCUT2D eigenvalue weighted by atomic mass is 15.2. The molecule has 0 unspecified atom stereocenters. The summed E-state index contributed by atoms with van der Waals surface area (Å²) in [6, 6.07) is 66.0. The summed E-state index contributed by atoms with van der Waals surface area (Å²) in [5, 5.41) is 0.0384. The smallest absolute Gasteiger partial charge is 0.252 e. The predicted molar refractivity (Wildman–Crippen MR) is 528 cm³/mol. The van der Waals surface area contributed by atoms with Gasteiger partial charge in [-0.05, 0) is 237 Å². The molecule has 0 radical (unpaired) electrons. The maximum atomic E-state index is 10.1. The van der Waals surface area contributed by atoms with Gasteiger partial charge >= 0.3 is 0 Å². The molecule has 15 rings (SSSR count). The van der Waals surface area contributed by atoms with E-state index in [1.807, 2.05) is 6.07 Å². The number of rotatable bonds is 8. The Hall–Kier alpha value is -9.90. The van der Waals surface area contributed by atoms with Crippen molar-refractivity contribution >= 4 is 79.0 Å². The number of hydrogen-bond donors (Lipinski definition) is 0. The molecule has 0 fully saturated rings. The van der Waals surface area contributed by atoms with Crippen molar-refractivity contribution in [3.8, 4) is 61.3 Å². The fourth-order valence-electron chi connectivity index (χ4n) is 17.6. The van der Waals surface area contributed by atoms with Gasteiger partial charge in [-0.3, -0.25) is 0 Å². The number of aromatic nitrogens is 1. The Morgan fingerprint density at radius 2 is 0.492 bits per heavy atom. The normalized spacial score (nSPS) is 14.9. The second kappa shape index (κ2) is 28.9. The Kier molecular flexibility index (Phi) is 18.1. The largest absolute Gasteiger partial charge is 0.310 e. The van der Waals surface area contributed by atoms with Crippen molar-refractivity contribution in [1.29, 1.82) is 0 Å². The Morgan fingerprint density at radius 1 is 0.225 bits per heavy atom. The van der Waals surface area contributed by atoms with Crippen LogP contribution in [0.4, 0.5) is 34.1 Å². The number of anilines is 6. The fraction of sp³-hybridized carbons (Fsp3) is 0.379. The van der Waals surface area contributed by atoms with Crippen molar-refractivity contribution in [3.05, 3.63) is 285 Å². The van der Waals surface area contributed by atoms with Crippen molar-refractivity contribution in [2.45, 2.75) is 288 Å². The summed E-state index contributed by atoms with van der Waals surface area (Å²) in [5.41, 5.74) is 30.3. The van der Waals surface area contributed by atoms with E-state index in [-0.39, 0.29) is 94.7 Å². The second-order valence-corrected chi connectivity index (χ2v) is 46.5. The van der Waals surface area contributed by atoms with Crippen molar-refractivity contribution in [2.24, 2.45) is 0 Å². The third-order valence-electron chi connectivity index (χ3n) is 25.7. The van der Waals surface area contributed by atoms with E-state index in [0.717, 1.165) is 117 Å². The van der Waals surface area contributed by atoms with E-state index < -0.39 is 41.7 Å². The van der Waals surface area contributed by atoms with Gasteiger partial charge in [0, 0.05) is 61.5 Å². The Labute approximate surface area is 734 Å². The molecule has 120 heavy (non-hydrogen) atoms. The molecule has 0 amide bonds. The summed E-state index contributed by atoms with van der Waals surface area (Å²) >= 11 is 0. The van der Waals surface area contributed by atoms with Gasteiger partial charge in [0.15, 0.2) is 0 Å². The maximum absolute atomic E-state index is 10.1. The SMILES string of the molecule is [2H]c1c([2H])c([2H])c2c(c1[2H])c1c([2H])c([2H])c([2H])c([2H])c1n2-c1ccc2c(c1)N(c1c(-c3ccc(C(C)(C)C)cc3)cc(C(C)(C)C)cc1-c1cc(C(C)(C)C)cc(C(C)(C)C)c1)c1cc(C(C)(C)C)cc3c1B2c1ccc(-c2cc(C(C)(C)C)cc(C(C)(C)C)c2)cc1N3c1c(-c2ccc(C(C)(C)C)cc2)cc(C(C)(C)C)cc1-c1cc(C(C)(C)C)cc(C(C)(C)C)c1. The first-order valence-corrected chi connectivity index (χ1v) is 43.9. The van der Waals surface area contributed by atoms with Crippen LogP contribution in [0.3, 0.4) is 0 Å². The molecule has 2 aliphatic heterocycles. The average Bonchev–Trinajstić information content (AvgIpc) is 0.894. The average molecular weight is 1590 g/mol. The lowest BCUT2D eigenvalue weighted by Crippen LogP contribution is -2.61. The summed E-state index contributed by atoms with van der Waals surface area (Å²) in [4.78, 5) is 5.28. The summed E-state index contributed by atoms with van der Waals surface area (Å²) in [6.45, 7) is 76.1. The first-order chi connectivity index (χ1) is 58.7. The maximum Gasteiger partial charge on any atom is 0.252 e. The van der Waals surface area contributed by atoms with Crippen LogP contribution >= 0.6 is 0 Å². The lowest BCUT2D eigenvalue weighted by molar-refractivity contribution is 0.568. The molecule has 0 bridgehead atoms. The van der Waals surface area contributed by atoms with Gasteiger partial charge in [0.2, 0.25) is 0 Å². The first kappa shape index (κ1) is 75.1. The lowest BCUT2D eigenvalue weighted by atomic mass is 9.33. The minimum Gasteiger partial charge on any atom is -0.310 e. The first-order valence-electron chi connectivity index (χ1n) is 47.9. The van der Waals surface area contributed by atoms with Gasteiger partial charge in [0.05, 0.1) is 33.4 Å². The molecule has 3 nitrogen and oxygen atoms in total. The molecule has 1 aromatic heterocycles. The summed E-state index contributed by atoms with van der Waals surface area (Å²) < 4.78 is 79.1. The molecule has 0 aliphatic carbocycles. The van der Waals surface area contributed by atoms with Crippen molar-refractivity contribution < 1.29 is 11.0 Å². The standard InChI is InChI=1S/C116H136BN3/c1-106(2,3)77-47-42-71(43-48-77)91-64-85(114(25,26)27)66-93(75-56-81(110(13,14)15)62-82(57-75)111(16,17)18)104(91)119-99-60-73(74-54-79(108(7,8)9)61-80(55-74)109(10,11)12)46-52-95(99)117-96-53-51-88(118-97-40-36-34-38-89(97)90-39-35-37-41-98(90)118)70-100(96)120(102-69-87(116(31,32)33)68-101(119)103(102)117)105-92(72-44-49-78(50-45-72)107(4,5)6)65-86(115(28,29)30)67-94(105)76-58-83(112(19,20)21)63-84(59-76)113(22,23)24/h34-70H,1-33H3/i34D,35D,36D,37D,38D,39D,40D,41D. The van der Waals surface area contributed by atoms with Crippen molar-refractivity contribution in [1.82, 2.24) is 4.57 Å². The highest BCUT2D eigenvalue weighted by Crippen LogP contribution is 2.57. The van der Waals surface area contributed by atoms with Crippen molar-refractivity contribution in [2.75, 3.05) is 9.80 Å². The van der Waals surface area contributed by atoms with Gasteiger partial charge < -0.3 is 14.4 Å². The van der Waals surface area contributed by atoms with Gasteiger partial charge in [0.1, 0.15) is 0 Å². The summed E-state index contributed by atoms with van der Waals surface area (Å²) in [6.07, 6.45) is 0. The highest BCUT2D eigenvalue weighted by Gasteiger charge is 2.47. The number of hydrogen-bond acceptors (Lipinski definition) is 2. The van der Waals surface area contributed by atoms with Crippen LogP contribution < -0.4 is 26.2 Å². The van der Waals surface area contributed by atoms with E-state index in [9.17, 15) is 11.0 Å². The van der Waals surface area contributed by atoms with Crippen LogP contribution in [-0.4, -0.2) is 11.3 Å². The molecule has 0 N–H and O–H groups in total. The zero-order chi connectivity index (χ0) is 94.1. The van der Waals surface area contributed by atoms with E-state index in [4.69, 9.17) is 0 Å². The van der Waals surface area contributed by atoms with E-state index in [1.165, 1.54) is 50.1 Å². The van der Waals surface area contributed by atoms with Crippen LogP contribution in [0, 0.1) is 0 Å². The molecular weight excluding hydrogens is 1450 g/mol. The van der Waals surface area contributed by atoms with Crippen LogP contribution in [-0.2, 0) is 59.6 Å². The van der Waals surface area contributed by atoms with E-state index in [1.54, 1.807) is 4.57 Å². The Balaban J connectivity index is 1.24. The van der Waals surface area contributed by atoms with E-state index >= 15 is 0 Å². The molecule has 0 saturated carbocycles. The third kappa shape index (κ3) is 15.8. The second-order valence-electron chi connectivity index (χ2n) is 46.5. The zero-order valence-electron chi connectivity index (χ0n) is 86.7. The van der Waals surface area contributed by atoms with Crippen LogP contribution in [0.15, 0.2) is 224 Å².